The van der Waals surface area contributed by atoms with Gasteiger partial charge in [0.15, 0.2) is 6.10 Å². The Morgan fingerprint density at radius 2 is 2.29 bits per heavy atom. The summed E-state index contributed by atoms with van der Waals surface area (Å²) < 4.78 is 36.2. The third kappa shape index (κ3) is 4.03. The molecule has 7 heteroatoms. The molecule has 1 aliphatic heterocycles. The number of nitrogens with one attached hydrogen (secondary N) is 2. The molecule has 0 aromatic rings. The zero-order chi connectivity index (χ0) is 13.1. The van der Waals surface area contributed by atoms with Crippen molar-refractivity contribution >= 4 is 0 Å². The zero-order valence-corrected chi connectivity index (χ0v) is 9.12. The van der Waals surface area contributed by atoms with Gasteiger partial charge in [-0.25, -0.2) is 0 Å². The SMILES string of the molecule is CC1=CNC(N/C=C(\N)C(O)C(F)(F)F)C=C1. The second-order valence-corrected chi connectivity index (χ2v) is 3.65. The molecular weight excluding hydrogens is 235 g/mol. The maximum Gasteiger partial charge on any atom is 0.420 e. The highest BCUT2D eigenvalue weighted by Gasteiger charge is 2.40. The molecule has 0 aliphatic carbocycles. The van der Waals surface area contributed by atoms with Crippen molar-refractivity contribution in [1.29, 1.82) is 0 Å². The van der Waals surface area contributed by atoms with E-state index in [1.807, 2.05) is 6.92 Å². The van der Waals surface area contributed by atoms with Gasteiger partial charge in [-0.05, 0) is 18.6 Å². The van der Waals surface area contributed by atoms with Gasteiger partial charge in [0.25, 0.3) is 0 Å². The van der Waals surface area contributed by atoms with Crippen molar-refractivity contribution in [3.63, 3.8) is 0 Å². The van der Waals surface area contributed by atoms with Crippen LogP contribution in [0.5, 0.6) is 0 Å². The highest BCUT2D eigenvalue weighted by molar-refractivity contribution is 5.22. The third-order valence-corrected chi connectivity index (χ3v) is 2.10. The molecule has 0 aromatic carbocycles. The number of aliphatic hydroxyl groups excluding tert-OH is 1. The summed E-state index contributed by atoms with van der Waals surface area (Å²) in [5.41, 5.74) is 5.42. The van der Waals surface area contributed by atoms with Crippen LogP contribution in [0.25, 0.3) is 0 Å². The van der Waals surface area contributed by atoms with E-state index < -0.39 is 18.0 Å². The first-order valence-electron chi connectivity index (χ1n) is 4.88. The minimum Gasteiger partial charge on any atom is -0.398 e. The fourth-order valence-electron chi connectivity index (χ4n) is 1.13. The number of dihydropyridines is 1. The van der Waals surface area contributed by atoms with Crippen LogP contribution in [0.4, 0.5) is 13.2 Å². The van der Waals surface area contributed by atoms with Crippen LogP contribution in [0.2, 0.25) is 0 Å². The van der Waals surface area contributed by atoms with E-state index >= 15 is 0 Å². The standard InChI is InChI=1S/C10H14F3N3O/c1-6-2-3-8(15-4-6)16-5-7(14)9(17)10(11,12)13/h2-5,8-9,15-17H,14H2,1H3/b7-5-. The van der Waals surface area contributed by atoms with Gasteiger partial charge < -0.3 is 21.5 Å². The number of rotatable bonds is 3. The maximum atomic E-state index is 12.1. The van der Waals surface area contributed by atoms with E-state index in [1.54, 1.807) is 18.4 Å². The molecule has 17 heavy (non-hydrogen) atoms. The third-order valence-electron chi connectivity index (χ3n) is 2.10. The Morgan fingerprint density at radius 1 is 1.65 bits per heavy atom. The van der Waals surface area contributed by atoms with Gasteiger partial charge in [-0.1, -0.05) is 6.08 Å². The summed E-state index contributed by atoms with van der Waals surface area (Å²) in [4.78, 5) is 0. The Hall–Kier alpha value is -1.63. The van der Waals surface area contributed by atoms with Crippen LogP contribution in [0, 0.1) is 0 Å². The maximum absolute atomic E-state index is 12.1. The first kappa shape index (κ1) is 13.4. The smallest absolute Gasteiger partial charge is 0.398 e. The summed E-state index contributed by atoms with van der Waals surface area (Å²) in [6, 6.07) is 0. The average Bonchev–Trinajstić information content (AvgIpc) is 2.25. The monoisotopic (exact) mass is 249 g/mol. The summed E-state index contributed by atoms with van der Waals surface area (Å²) in [7, 11) is 0. The van der Waals surface area contributed by atoms with Gasteiger partial charge in [0, 0.05) is 12.4 Å². The molecule has 0 fully saturated rings. The molecule has 2 unspecified atom stereocenters. The van der Waals surface area contributed by atoms with Crippen LogP contribution >= 0.6 is 0 Å². The molecule has 0 saturated heterocycles. The molecule has 0 radical (unpaired) electrons. The number of nitrogens with two attached hydrogens (primary N) is 1. The lowest BCUT2D eigenvalue weighted by Gasteiger charge is -2.20. The van der Waals surface area contributed by atoms with Crippen molar-refractivity contribution in [1.82, 2.24) is 10.6 Å². The van der Waals surface area contributed by atoms with E-state index in [0.29, 0.717) is 0 Å². The Labute approximate surface area is 96.7 Å². The predicted octanol–water partition coefficient (Wildman–Crippen LogP) is 0.689. The largest absolute Gasteiger partial charge is 0.420 e. The number of allylic oxidation sites excluding steroid dienone is 2. The van der Waals surface area contributed by atoms with Crippen LogP contribution in [0.15, 0.2) is 35.8 Å². The molecule has 0 bridgehead atoms. The topological polar surface area (TPSA) is 70.3 Å². The van der Waals surface area contributed by atoms with Gasteiger partial charge >= 0.3 is 6.18 Å². The highest BCUT2D eigenvalue weighted by atomic mass is 19.4. The van der Waals surface area contributed by atoms with E-state index in [9.17, 15) is 13.2 Å². The Bertz CT molecular complexity index is 360. The quantitative estimate of drug-likeness (QED) is 0.594. The lowest BCUT2D eigenvalue weighted by Crippen LogP contribution is -2.39. The van der Waals surface area contributed by atoms with E-state index in [2.05, 4.69) is 10.6 Å². The molecule has 96 valence electrons. The Morgan fingerprint density at radius 3 is 2.76 bits per heavy atom. The second kappa shape index (κ2) is 5.13. The van der Waals surface area contributed by atoms with Crippen molar-refractivity contribution in [2.24, 2.45) is 5.73 Å². The van der Waals surface area contributed by atoms with Crippen molar-refractivity contribution in [2.75, 3.05) is 0 Å². The van der Waals surface area contributed by atoms with Gasteiger partial charge in [-0.3, -0.25) is 0 Å². The van der Waals surface area contributed by atoms with Crippen molar-refractivity contribution < 1.29 is 18.3 Å². The van der Waals surface area contributed by atoms with Crippen LogP contribution in [0.1, 0.15) is 6.92 Å². The number of aliphatic hydroxyl groups is 1. The molecule has 2 atom stereocenters. The van der Waals surface area contributed by atoms with Gasteiger partial charge in [0.1, 0.15) is 6.17 Å². The van der Waals surface area contributed by atoms with E-state index in [0.717, 1.165) is 11.8 Å². The molecule has 4 nitrogen and oxygen atoms in total. The van der Waals surface area contributed by atoms with Crippen LogP contribution in [0.3, 0.4) is 0 Å². The van der Waals surface area contributed by atoms with Crippen molar-refractivity contribution in [3.05, 3.63) is 35.8 Å². The Balaban J connectivity index is 2.52. The van der Waals surface area contributed by atoms with Gasteiger partial charge in [0.05, 0.1) is 5.70 Å². The van der Waals surface area contributed by atoms with Gasteiger partial charge in [-0.2, -0.15) is 13.2 Å². The molecule has 0 spiro atoms. The summed E-state index contributed by atoms with van der Waals surface area (Å²) in [5, 5.41) is 14.3. The van der Waals surface area contributed by atoms with E-state index in [4.69, 9.17) is 10.8 Å². The second-order valence-electron chi connectivity index (χ2n) is 3.65. The number of halogens is 3. The first-order chi connectivity index (χ1) is 7.80. The number of hydrogen-bond donors (Lipinski definition) is 4. The molecular formula is C10H14F3N3O. The van der Waals surface area contributed by atoms with Gasteiger partial charge in [0.2, 0.25) is 0 Å². The molecule has 5 N–H and O–H groups in total. The zero-order valence-electron chi connectivity index (χ0n) is 9.12. The minimum absolute atomic E-state index is 0.349. The lowest BCUT2D eigenvalue weighted by molar-refractivity contribution is -0.191. The van der Waals surface area contributed by atoms with Gasteiger partial charge in [-0.15, -0.1) is 0 Å². The molecule has 1 rings (SSSR count). The number of hydrogen-bond acceptors (Lipinski definition) is 4. The predicted molar refractivity (Wildman–Crippen MR) is 57.3 cm³/mol. The molecule has 1 aliphatic rings. The fraction of sp³-hybridized carbons (Fsp3) is 0.400. The molecule has 0 aromatic heterocycles. The van der Waals surface area contributed by atoms with Crippen LogP contribution < -0.4 is 16.4 Å². The summed E-state index contributed by atoms with van der Waals surface area (Å²) in [6.07, 6.45) is -1.58. The van der Waals surface area contributed by atoms with E-state index in [1.165, 1.54) is 0 Å². The highest BCUT2D eigenvalue weighted by Crippen LogP contribution is 2.22. The summed E-state index contributed by atoms with van der Waals surface area (Å²) >= 11 is 0. The summed E-state index contributed by atoms with van der Waals surface area (Å²) in [6.45, 7) is 1.87. The molecule has 1 heterocycles. The summed E-state index contributed by atoms with van der Waals surface area (Å²) in [5.74, 6) is 0. The molecule has 0 amide bonds. The van der Waals surface area contributed by atoms with Crippen LogP contribution in [-0.4, -0.2) is 23.6 Å². The van der Waals surface area contributed by atoms with Crippen molar-refractivity contribution in [2.45, 2.75) is 25.4 Å². The average molecular weight is 249 g/mol. The normalized spacial score (nSPS) is 22.8. The lowest BCUT2D eigenvalue weighted by atomic mass is 10.2. The van der Waals surface area contributed by atoms with Crippen molar-refractivity contribution in [3.8, 4) is 0 Å². The minimum atomic E-state index is -4.76. The molecule has 0 saturated carbocycles. The first-order valence-corrected chi connectivity index (χ1v) is 4.88. The fourth-order valence-corrected chi connectivity index (χ4v) is 1.13. The number of alkyl halides is 3. The van der Waals surface area contributed by atoms with E-state index in [-0.39, 0.29) is 6.17 Å². The van der Waals surface area contributed by atoms with Crippen LogP contribution in [-0.2, 0) is 0 Å². The Kier molecular flexibility index (Phi) is 4.06.